The highest BCUT2D eigenvalue weighted by Gasteiger charge is 2.73. The van der Waals surface area contributed by atoms with Gasteiger partial charge < -0.3 is 13.9 Å². The first-order valence-electron chi connectivity index (χ1n) is 14.3. The van der Waals surface area contributed by atoms with E-state index in [4.69, 9.17) is 14.0 Å². The van der Waals surface area contributed by atoms with Crippen molar-refractivity contribution in [2.45, 2.75) is 94.1 Å². The minimum absolute atomic E-state index is 0.0428. The molecule has 7 aliphatic rings. The average molecular weight is 554 g/mol. The average Bonchev–Trinajstić information content (AvgIpc) is 3.44. The number of benzene rings is 1. The van der Waals surface area contributed by atoms with Gasteiger partial charge in [0.05, 0.1) is 5.41 Å². The molecule has 3 aromatic rings. The molecule has 7 aliphatic carbocycles. The molecule has 0 radical (unpaired) electrons. The summed E-state index contributed by atoms with van der Waals surface area (Å²) < 4.78 is 51.1. The van der Waals surface area contributed by atoms with Gasteiger partial charge in [-0.1, -0.05) is 22.4 Å². The van der Waals surface area contributed by atoms with Crippen LogP contribution in [0.15, 0.2) is 33.3 Å². The molecule has 0 N–H and O–H groups in total. The van der Waals surface area contributed by atoms with Crippen molar-refractivity contribution >= 4 is 11.6 Å². The molecule has 11 heteroatoms. The van der Waals surface area contributed by atoms with Gasteiger partial charge in [0, 0.05) is 29.1 Å². The van der Waals surface area contributed by atoms with Crippen LogP contribution in [0.5, 0.6) is 0 Å². The molecule has 2 aromatic heterocycles. The van der Waals surface area contributed by atoms with Crippen molar-refractivity contribution in [1.29, 1.82) is 0 Å². The fourth-order valence-corrected chi connectivity index (χ4v) is 7.83. The number of carbonyl (C=O) groups excluding carboxylic acids is 1. The van der Waals surface area contributed by atoms with Gasteiger partial charge in [-0.3, -0.25) is 4.79 Å². The number of anilines is 1. The Labute approximate surface area is 228 Å². The van der Waals surface area contributed by atoms with E-state index in [0.717, 1.165) is 63.1 Å². The van der Waals surface area contributed by atoms with Crippen LogP contribution in [-0.2, 0) is 10.2 Å². The molecule has 0 unspecified atom stereocenters. The lowest BCUT2D eigenvalue weighted by Crippen LogP contribution is -2.71. The topological polar surface area (TPSA) is 98.2 Å². The number of carbonyl (C=O) groups is 1. The van der Waals surface area contributed by atoms with E-state index in [1.807, 2.05) is 11.0 Å². The van der Waals surface area contributed by atoms with Crippen molar-refractivity contribution in [3.63, 3.8) is 0 Å². The van der Waals surface area contributed by atoms with Gasteiger partial charge in [-0.15, -0.1) is 0 Å². The van der Waals surface area contributed by atoms with Crippen LogP contribution in [0.2, 0.25) is 0 Å². The number of halogens is 3. The summed E-state index contributed by atoms with van der Waals surface area (Å²) in [7, 11) is 0. The SMILES string of the molecule is O=C(N(CC12CCC(c3nc(C4CC4)no3)(CC1)CC2)c1cccc(-c2noc(C(F)F)n2)c1)C12CC(F)(C1)C2. The third-order valence-corrected chi connectivity index (χ3v) is 10.4. The Morgan fingerprint density at radius 1 is 1.00 bits per heavy atom. The minimum atomic E-state index is -2.86. The van der Waals surface area contributed by atoms with Crippen LogP contribution in [-0.4, -0.2) is 38.4 Å². The number of nitrogens with zero attached hydrogens (tertiary/aromatic N) is 5. The Morgan fingerprint density at radius 3 is 2.35 bits per heavy atom. The van der Waals surface area contributed by atoms with Gasteiger partial charge in [-0.25, -0.2) is 4.39 Å². The normalized spacial score (nSPS) is 34.0. The zero-order chi connectivity index (χ0) is 27.3. The van der Waals surface area contributed by atoms with Crippen LogP contribution >= 0.6 is 0 Å². The lowest BCUT2D eigenvalue weighted by Gasteiger charge is -2.65. The number of aromatic nitrogens is 4. The zero-order valence-electron chi connectivity index (χ0n) is 22.0. The molecular weight excluding hydrogens is 523 g/mol. The van der Waals surface area contributed by atoms with Gasteiger partial charge in [-0.05, 0) is 88.2 Å². The van der Waals surface area contributed by atoms with Crippen LogP contribution < -0.4 is 4.90 Å². The Hall–Kier alpha value is -3.24. The summed E-state index contributed by atoms with van der Waals surface area (Å²) in [6.45, 7) is 0.526. The molecule has 1 amide bonds. The monoisotopic (exact) mass is 553 g/mol. The molecular formula is C29H30F3N5O3. The predicted molar refractivity (Wildman–Crippen MR) is 135 cm³/mol. The van der Waals surface area contributed by atoms with Gasteiger partial charge in [-0.2, -0.15) is 18.7 Å². The summed E-state index contributed by atoms with van der Waals surface area (Å²) in [5.41, 5.74) is -0.878. The summed E-state index contributed by atoms with van der Waals surface area (Å²) in [5, 5.41) is 7.97. The van der Waals surface area contributed by atoms with Crippen LogP contribution in [0.25, 0.3) is 11.4 Å². The van der Waals surface area contributed by atoms with Gasteiger partial charge in [0.25, 0.3) is 5.89 Å². The molecule has 0 saturated heterocycles. The Balaban J connectivity index is 1.07. The summed E-state index contributed by atoms with van der Waals surface area (Å²) in [6.07, 6.45) is 5.79. The summed E-state index contributed by atoms with van der Waals surface area (Å²) in [4.78, 5) is 24.5. The van der Waals surface area contributed by atoms with E-state index in [9.17, 15) is 18.0 Å². The highest BCUT2D eigenvalue weighted by molar-refractivity contribution is 6.00. The number of fused-ring (bicyclic) bond motifs is 3. The predicted octanol–water partition coefficient (Wildman–Crippen LogP) is 6.45. The Bertz CT molecular complexity index is 1450. The molecule has 2 heterocycles. The first kappa shape index (κ1) is 24.5. The number of amides is 1. The van der Waals surface area contributed by atoms with E-state index in [1.54, 1.807) is 18.2 Å². The van der Waals surface area contributed by atoms with E-state index in [0.29, 0.717) is 23.7 Å². The van der Waals surface area contributed by atoms with Gasteiger partial charge in [0.2, 0.25) is 17.6 Å². The largest absolute Gasteiger partial charge is 0.339 e. The van der Waals surface area contributed by atoms with Crippen molar-refractivity contribution < 1.29 is 27.0 Å². The number of rotatable bonds is 8. The fourth-order valence-electron chi connectivity index (χ4n) is 7.83. The molecule has 40 heavy (non-hydrogen) atoms. The summed E-state index contributed by atoms with van der Waals surface area (Å²) in [5.74, 6) is 1.32. The second-order valence-corrected chi connectivity index (χ2v) is 13.2. The quantitative estimate of drug-likeness (QED) is 0.316. The van der Waals surface area contributed by atoms with E-state index < -0.39 is 23.4 Å². The van der Waals surface area contributed by atoms with E-state index >= 15 is 0 Å². The van der Waals surface area contributed by atoms with Crippen molar-refractivity contribution in [2.24, 2.45) is 10.8 Å². The summed E-state index contributed by atoms with van der Waals surface area (Å²) >= 11 is 0. The molecule has 210 valence electrons. The number of hydrogen-bond donors (Lipinski definition) is 0. The smallest absolute Gasteiger partial charge is 0.315 e. The summed E-state index contributed by atoms with van der Waals surface area (Å²) in [6, 6.07) is 7.06. The van der Waals surface area contributed by atoms with E-state index in [2.05, 4.69) is 15.3 Å². The van der Waals surface area contributed by atoms with Crippen molar-refractivity contribution in [3.05, 3.63) is 41.9 Å². The van der Waals surface area contributed by atoms with Crippen LogP contribution in [0.4, 0.5) is 18.9 Å². The molecule has 0 spiro atoms. The van der Waals surface area contributed by atoms with E-state index in [-0.39, 0.29) is 41.8 Å². The Kier molecular flexibility index (Phi) is 5.01. The van der Waals surface area contributed by atoms with Crippen molar-refractivity contribution in [3.8, 4) is 11.4 Å². The Morgan fingerprint density at radius 2 is 1.73 bits per heavy atom. The molecule has 1 aromatic carbocycles. The minimum Gasteiger partial charge on any atom is -0.339 e. The fraction of sp³-hybridized carbons (Fsp3) is 0.621. The second-order valence-electron chi connectivity index (χ2n) is 13.2. The lowest BCUT2D eigenvalue weighted by atomic mass is 9.41. The lowest BCUT2D eigenvalue weighted by molar-refractivity contribution is -0.211. The van der Waals surface area contributed by atoms with Gasteiger partial charge >= 0.3 is 6.43 Å². The maximum atomic E-state index is 14.5. The molecule has 8 nitrogen and oxygen atoms in total. The van der Waals surface area contributed by atoms with Crippen molar-refractivity contribution in [2.75, 3.05) is 11.4 Å². The zero-order valence-corrected chi connectivity index (χ0v) is 22.0. The first-order valence-corrected chi connectivity index (χ1v) is 14.3. The van der Waals surface area contributed by atoms with Crippen LogP contribution in [0.3, 0.4) is 0 Å². The highest BCUT2D eigenvalue weighted by atomic mass is 19.3. The number of hydrogen-bond acceptors (Lipinski definition) is 7. The third kappa shape index (κ3) is 3.68. The molecule has 7 saturated carbocycles. The first-order chi connectivity index (χ1) is 19.2. The molecule has 0 atom stereocenters. The third-order valence-electron chi connectivity index (χ3n) is 10.4. The van der Waals surface area contributed by atoms with Crippen molar-refractivity contribution in [1.82, 2.24) is 20.3 Å². The molecule has 7 fully saturated rings. The van der Waals surface area contributed by atoms with Gasteiger partial charge in [0.1, 0.15) is 5.67 Å². The maximum Gasteiger partial charge on any atom is 0.315 e. The molecule has 0 aliphatic heterocycles. The maximum absolute atomic E-state index is 14.5. The second kappa shape index (κ2) is 8.16. The number of alkyl halides is 3. The van der Waals surface area contributed by atoms with Gasteiger partial charge in [0.15, 0.2) is 5.82 Å². The van der Waals surface area contributed by atoms with Crippen LogP contribution in [0.1, 0.15) is 101 Å². The van der Waals surface area contributed by atoms with Crippen LogP contribution in [0, 0.1) is 10.8 Å². The molecule has 4 bridgehead atoms. The molecule has 10 rings (SSSR count). The highest BCUT2D eigenvalue weighted by Crippen LogP contribution is 2.70. The van der Waals surface area contributed by atoms with E-state index in [1.165, 1.54) is 0 Å². The standard InChI is InChI=1S/C29H30F3N5O3/c30-20(31)23-33-22(35-39-23)18-2-1-3-19(12-18)37(25(38)28-13-29(32,14-28)15-28)16-26-6-9-27(10-7-26,11-8-26)24-34-21(36-40-24)17-4-5-17/h1-3,12,17,20H,4-11,13-16H2.